The Kier molecular flexibility index (Phi) is 3.56. The van der Waals surface area contributed by atoms with Gasteiger partial charge in [0.15, 0.2) is 9.84 Å². The summed E-state index contributed by atoms with van der Waals surface area (Å²) < 4.78 is 38.1. The maximum atomic E-state index is 14.0. The molecule has 0 atom stereocenters. The first-order valence-corrected chi connectivity index (χ1v) is 8.83. The highest BCUT2D eigenvalue weighted by Crippen LogP contribution is 2.35. The van der Waals surface area contributed by atoms with E-state index in [9.17, 15) is 12.8 Å². The second-order valence-corrected chi connectivity index (χ2v) is 7.39. The van der Waals surface area contributed by atoms with Crippen molar-refractivity contribution in [3.05, 3.63) is 53.8 Å². The van der Waals surface area contributed by atoms with Crippen LogP contribution in [0.4, 0.5) is 10.1 Å². The van der Waals surface area contributed by atoms with Gasteiger partial charge in [-0.2, -0.15) is 0 Å². The third kappa shape index (κ3) is 2.55. The maximum absolute atomic E-state index is 14.0. The van der Waals surface area contributed by atoms with E-state index in [-0.39, 0.29) is 16.0 Å². The molecule has 1 heterocycles. The van der Waals surface area contributed by atoms with E-state index in [1.54, 1.807) is 37.3 Å². The molecule has 0 saturated carbocycles. The van der Waals surface area contributed by atoms with Crippen molar-refractivity contribution in [2.75, 3.05) is 12.0 Å². The molecule has 0 saturated heterocycles. The Labute approximate surface area is 133 Å². The molecule has 0 amide bonds. The zero-order chi connectivity index (χ0) is 16.8. The highest BCUT2D eigenvalue weighted by atomic mass is 32.2. The van der Waals surface area contributed by atoms with E-state index in [0.29, 0.717) is 22.3 Å². The normalized spacial score (nSPS) is 11.8. The van der Waals surface area contributed by atoms with Crippen LogP contribution in [0.25, 0.3) is 22.2 Å². The van der Waals surface area contributed by atoms with Gasteiger partial charge in [0.25, 0.3) is 0 Å². The summed E-state index contributed by atoms with van der Waals surface area (Å²) in [6.07, 6.45) is 1.14. The summed E-state index contributed by atoms with van der Waals surface area (Å²) >= 11 is 0. The molecular weight excluding hydrogens is 315 g/mol. The number of sulfone groups is 1. The molecule has 0 unspecified atom stereocenters. The molecule has 1 aromatic heterocycles. The Bertz CT molecular complexity index is 1030. The lowest BCUT2D eigenvalue weighted by Gasteiger charge is -2.14. The largest absolute Gasteiger partial charge is 0.398 e. The minimum absolute atomic E-state index is 0.172. The third-order valence-corrected chi connectivity index (χ3v) is 4.95. The molecular formula is C17H15FN2O2S. The monoisotopic (exact) mass is 330 g/mol. The summed E-state index contributed by atoms with van der Waals surface area (Å²) in [7, 11) is -3.43. The number of nitrogens with zero attached hydrogens (tertiary/aromatic N) is 1. The summed E-state index contributed by atoms with van der Waals surface area (Å²) in [4.78, 5) is 4.63. The highest BCUT2D eigenvalue weighted by Gasteiger charge is 2.19. The first kappa shape index (κ1) is 15.4. The second-order valence-electron chi connectivity index (χ2n) is 5.40. The Morgan fingerprint density at radius 1 is 1.09 bits per heavy atom. The summed E-state index contributed by atoms with van der Waals surface area (Å²) in [5, 5.41) is 0.255. The number of aromatic nitrogens is 1. The van der Waals surface area contributed by atoms with Crippen LogP contribution >= 0.6 is 0 Å². The molecule has 4 nitrogen and oxygen atoms in total. The van der Waals surface area contributed by atoms with Gasteiger partial charge in [0.1, 0.15) is 5.82 Å². The molecule has 0 bridgehead atoms. The quantitative estimate of drug-likeness (QED) is 0.782. The van der Waals surface area contributed by atoms with Crippen LogP contribution in [0.3, 0.4) is 0 Å². The van der Waals surface area contributed by atoms with E-state index in [1.165, 1.54) is 12.1 Å². The van der Waals surface area contributed by atoms with Crippen LogP contribution in [-0.4, -0.2) is 19.7 Å². The van der Waals surface area contributed by atoms with Crippen molar-refractivity contribution in [2.45, 2.75) is 11.8 Å². The van der Waals surface area contributed by atoms with Crippen molar-refractivity contribution in [3.63, 3.8) is 0 Å². The minimum Gasteiger partial charge on any atom is -0.398 e. The van der Waals surface area contributed by atoms with Crippen molar-refractivity contribution >= 4 is 26.4 Å². The predicted molar refractivity (Wildman–Crippen MR) is 89.4 cm³/mol. The molecule has 3 aromatic rings. The summed E-state index contributed by atoms with van der Waals surface area (Å²) in [5.41, 5.74) is 8.22. The average Bonchev–Trinajstić information content (AvgIpc) is 2.50. The van der Waals surface area contributed by atoms with Crippen LogP contribution in [-0.2, 0) is 9.84 Å². The van der Waals surface area contributed by atoms with Gasteiger partial charge < -0.3 is 5.73 Å². The molecule has 0 radical (unpaired) electrons. The van der Waals surface area contributed by atoms with Gasteiger partial charge in [-0.1, -0.05) is 24.3 Å². The predicted octanol–water partition coefficient (Wildman–Crippen LogP) is 3.34. The molecule has 0 aliphatic heterocycles. The number of fused-ring (bicyclic) bond motifs is 1. The van der Waals surface area contributed by atoms with Crippen LogP contribution in [0.5, 0.6) is 0 Å². The maximum Gasteiger partial charge on any atom is 0.176 e. The molecule has 2 N–H and O–H groups in total. The van der Waals surface area contributed by atoms with Crippen LogP contribution < -0.4 is 5.73 Å². The first-order valence-electron chi connectivity index (χ1n) is 6.94. The molecule has 2 aromatic carbocycles. The van der Waals surface area contributed by atoms with E-state index >= 15 is 0 Å². The smallest absolute Gasteiger partial charge is 0.176 e. The zero-order valence-electron chi connectivity index (χ0n) is 12.7. The highest BCUT2D eigenvalue weighted by molar-refractivity contribution is 7.90. The fourth-order valence-corrected chi connectivity index (χ4v) is 3.53. The van der Waals surface area contributed by atoms with Gasteiger partial charge in [-0.05, 0) is 30.7 Å². The minimum atomic E-state index is -3.43. The molecule has 3 rings (SSSR count). The number of nitrogen functional groups attached to an aromatic ring is 1. The van der Waals surface area contributed by atoms with Crippen LogP contribution in [0, 0.1) is 12.7 Å². The number of hydrogen-bond donors (Lipinski definition) is 1. The SMILES string of the molecule is Cc1c(-c2ccccc2S(C)(=O)=O)nc2cccc(F)c2c1N. The van der Waals surface area contributed by atoms with Gasteiger partial charge in [0.2, 0.25) is 0 Å². The van der Waals surface area contributed by atoms with Gasteiger partial charge in [0, 0.05) is 17.5 Å². The number of rotatable bonds is 2. The number of benzene rings is 2. The zero-order valence-corrected chi connectivity index (χ0v) is 13.5. The topological polar surface area (TPSA) is 73.0 Å². The lowest BCUT2D eigenvalue weighted by molar-refractivity contribution is 0.602. The van der Waals surface area contributed by atoms with Crippen LogP contribution in [0.15, 0.2) is 47.4 Å². The number of hydrogen-bond acceptors (Lipinski definition) is 4. The third-order valence-electron chi connectivity index (χ3n) is 3.79. The van der Waals surface area contributed by atoms with Crippen molar-refractivity contribution in [1.29, 1.82) is 0 Å². The fraction of sp³-hybridized carbons (Fsp3) is 0.118. The van der Waals surface area contributed by atoms with E-state index < -0.39 is 15.7 Å². The molecule has 0 fully saturated rings. The summed E-state index contributed by atoms with van der Waals surface area (Å²) in [6.45, 7) is 1.71. The fourth-order valence-electron chi connectivity index (χ4n) is 2.64. The van der Waals surface area contributed by atoms with E-state index in [2.05, 4.69) is 4.98 Å². The van der Waals surface area contributed by atoms with E-state index in [4.69, 9.17) is 5.73 Å². The average molecular weight is 330 g/mol. The molecule has 23 heavy (non-hydrogen) atoms. The first-order chi connectivity index (χ1) is 10.8. The van der Waals surface area contributed by atoms with Gasteiger partial charge in [-0.25, -0.2) is 17.8 Å². The van der Waals surface area contributed by atoms with Crippen molar-refractivity contribution in [1.82, 2.24) is 4.98 Å². The molecule has 6 heteroatoms. The Morgan fingerprint density at radius 3 is 2.48 bits per heavy atom. The van der Waals surface area contributed by atoms with Crippen LogP contribution in [0.2, 0.25) is 0 Å². The van der Waals surface area contributed by atoms with E-state index in [1.807, 2.05) is 0 Å². The number of anilines is 1. The van der Waals surface area contributed by atoms with Gasteiger partial charge in [-0.3, -0.25) is 0 Å². The van der Waals surface area contributed by atoms with Gasteiger partial charge >= 0.3 is 0 Å². The van der Waals surface area contributed by atoms with Crippen molar-refractivity contribution in [3.8, 4) is 11.3 Å². The number of nitrogens with two attached hydrogens (primary N) is 1. The summed E-state index contributed by atoms with van der Waals surface area (Å²) in [6, 6.07) is 11.1. The molecule has 0 spiro atoms. The lowest BCUT2D eigenvalue weighted by Crippen LogP contribution is -2.04. The van der Waals surface area contributed by atoms with E-state index in [0.717, 1.165) is 6.26 Å². The molecule has 118 valence electrons. The number of halogens is 1. The van der Waals surface area contributed by atoms with Crippen molar-refractivity contribution < 1.29 is 12.8 Å². The Balaban J connectivity index is 2.42. The van der Waals surface area contributed by atoms with Crippen LogP contribution in [0.1, 0.15) is 5.56 Å². The van der Waals surface area contributed by atoms with Gasteiger partial charge in [0.05, 0.1) is 21.5 Å². The lowest BCUT2D eigenvalue weighted by atomic mass is 10.0. The summed E-state index contributed by atoms with van der Waals surface area (Å²) in [5.74, 6) is -0.446. The van der Waals surface area contributed by atoms with Gasteiger partial charge in [-0.15, -0.1) is 0 Å². The standard InChI is InChI=1S/C17H15FN2O2S/c1-10-16(19)15-12(18)7-5-8-13(15)20-17(10)11-6-3-4-9-14(11)23(2,21)22/h3-9H,1-2H3,(H2,19,20). The molecule has 0 aliphatic carbocycles. The second kappa shape index (κ2) is 5.31. The number of pyridine rings is 1. The Hall–Kier alpha value is -2.47. The molecule has 0 aliphatic rings. The van der Waals surface area contributed by atoms with Crippen molar-refractivity contribution in [2.24, 2.45) is 0 Å². The Morgan fingerprint density at radius 2 is 1.78 bits per heavy atom.